The van der Waals surface area contributed by atoms with E-state index in [1.54, 1.807) is 11.8 Å². The molecule has 0 aromatic rings. The Balaban J connectivity index is 3.65. The summed E-state index contributed by atoms with van der Waals surface area (Å²) in [5.74, 6) is 1.55. The molecule has 0 amide bonds. The predicted molar refractivity (Wildman–Crippen MR) is 59.3 cm³/mol. The Bertz CT molecular complexity index is 153. The third kappa shape index (κ3) is 6.90. The van der Waals surface area contributed by atoms with Crippen molar-refractivity contribution in [3.8, 4) is 0 Å². The van der Waals surface area contributed by atoms with Crippen molar-refractivity contribution >= 4 is 17.6 Å². The molecule has 0 heterocycles. The molecule has 0 spiro atoms. The molecule has 0 aromatic carbocycles. The average Bonchev–Trinajstić information content (AvgIpc) is 2.10. The quantitative estimate of drug-likeness (QED) is 0.434. The van der Waals surface area contributed by atoms with Crippen LogP contribution in [0, 0.1) is 11.3 Å². The zero-order chi connectivity index (χ0) is 10.3. The maximum Gasteiger partial charge on any atom is 0.0916 e. The number of rotatable bonds is 7. The number of nitrogens with two attached hydrogens (primary N) is 1. The third-order valence-electron chi connectivity index (χ3n) is 1.83. The van der Waals surface area contributed by atoms with E-state index >= 15 is 0 Å². The zero-order valence-corrected chi connectivity index (χ0v) is 9.23. The van der Waals surface area contributed by atoms with Gasteiger partial charge in [0.25, 0.3) is 0 Å². The lowest BCUT2D eigenvalue weighted by Gasteiger charge is -2.15. The van der Waals surface area contributed by atoms with Gasteiger partial charge in [0.2, 0.25) is 0 Å². The summed E-state index contributed by atoms with van der Waals surface area (Å²) in [6.07, 6.45) is 1.70. The highest BCUT2D eigenvalue weighted by Gasteiger charge is 2.10. The number of thioether (sulfide) groups is 1. The summed E-state index contributed by atoms with van der Waals surface area (Å²) >= 11 is 1.80. The Morgan fingerprint density at radius 3 is 2.62 bits per heavy atom. The molecule has 2 unspecified atom stereocenters. The molecule has 4 N–H and O–H groups in total. The van der Waals surface area contributed by atoms with Crippen LogP contribution in [0.1, 0.15) is 26.7 Å². The lowest BCUT2D eigenvalue weighted by atomic mass is 10.2. The largest absolute Gasteiger partial charge is 0.396 e. The Morgan fingerprint density at radius 1 is 1.62 bits per heavy atom. The lowest BCUT2D eigenvalue weighted by Crippen LogP contribution is -2.18. The molecule has 78 valence electrons. The topological polar surface area (TPSA) is 70.1 Å². The van der Waals surface area contributed by atoms with Crippen molar-refractivity contribution in [2.75, 3.05) is 12.4 Å². The van der Waals surface area contributed by atoms with Crippen LogP contribution in [0.3, 0.4) is 0 Å². The summed E-state index contributed by atoms with van der Waals surface area (Å²) in [6, 6.07) is 0. The van der Waals surface area contributed by atoms with Gasteiger partial charge >= 0.3 is 0 Å². The van der Waals surface area contributed by atoms with Crippen LogP contribution in [0.5, 0.6) is 0 Å². The van der Waals surface area contributed by atoms with Crippen molar-refractivity contribution in [2.24, 2.45) is 11.7 Å². The highest BCUT2D eigenvalue weighted by Crippen LogP contribution is 2.20. The standard InChI is InChI=1S/C9H20N2OS/c1-3-8(4-9(10)11)13-6-7(2)5-12/h7-8,12H,3-6H2,1-2H3,(H3,10,11). The lowest BCUT2D eigenvalue weighted by molar-refractivity contribution is 0.250. The number of aliphatic hydroxyl groups excluding tert-OH is 1. The van der Waals surface area contributed by atoms with Gasteiger partial charge in [-0.25, -0.2) is 0 Å². The van der Waals surface area contributed by atoms with Gasteiger partial charge in [-0.2, -0.15) is 11.8 Å². The molecule has 0 aliphatic heterocycles. The van der Waals surface area contributed by atoms with Crippen molar-refractivity contribution in [2.45, 2.75) is 31.9 Å². The van der Waals surface area contributed by atoms with Gasteiger partial charge in [-0.15, -0.1) is 0 Å². The van der Waals surface area contributed by atoms with Gasteiger partial charge in [-0.05, 0) is 18.1 Å². The Hall–Kier alpha value is -0.220. The molecule has 4 heteroatoms. The molecule has 0 aliphatic rings. The van der Waals surface area contributed by atoms with Crippen LogP contribution in [-0.2, 0) is 0 Å². The van der Waals surface area contributed by atoms with Crippen molar-refractivity contribution in [3.05, 3.63) is 0 Å². The number of hydrogen-bond acceptors (Lipinski definition) is 3. The molecular weight excluding hydrogens is 184 g/mol. The van der Waals surface area contributed by atoms with Gasteiger partial charge < -0.3 is 10.8 Å². The molecular formula is C9H20N2OS. The number of hydrogen-bond donors (Lipinski definition) is 3. The fraction of sp³-hybridized carbons (Fsp3) is 0.889. The SMILES string of the molecule is CCC(CC(=N)N)SCC(C)CO. The summed E-state index contributed by atoms with van der Waals surface area (Å²) < 4.78 is 0. The highest BCUT2D eigenvalue weighted by molar-refractivity contribution is 7.99. The number of nitrogens with one attached hydrogen (secondary N) is 1. The van der Waals surface area contributed by atoms with Crippen LogP contribution in [-0.4, -0.2) is 28.6 Å². The third-order valence-corrected chi connectivity index (χ3v) is 3.56. The highest BCUT2D eigenvalue weighted by atomic mass is 32.2. The summed E-state index contributed by atoms with van der Waals surface area (Å²) in [4.78, 5) is 0. The second-order valence-corrected chi connectivity index (χ2v) is 4.71. The average molecular weight is 204 g/mol. The molecule has 0 aromatic heterocycles. The molecule has 0 fully saturated rings. The molecule has 0 saturated carbocycles. The second-order valence-electron chi connectivity index (χ2n) is 3.38. The summed E-state index contributed by atoms with van der Waals surface area (Å²) in [5.41, 5.74) is 5.33. The van der Waals surface area contributed by atoms with E-state index in [2.05, 4.69) is 6.92 Å². The van der Waals surface area contributed by atoms with Gasteiger partial charge in [0.05, 0.1) is 5.84 Å². The van der Waals surface area contributed by atoms with Crippen LogP contribution in [0.25, 0.3) is 0 Å². The zero-order valence-electron chi connectivity index (χ0n) is 8.42. The van der Waals surface area contributed by atoms with Gasteiger partial charge in [0.15, 0.2) is 0 Å². The van der Waals surface area contributed by atoms with Gasteiger partial charge in [0.1, 0.15) is 0 Å². The van der Waals surface area contributed by atoms with Gasteiger partial charge in [-0.1, -0.05) is 13.8 Å². The Morgan fingerprint density at radius 2 is 2.23 bits per heavy atom. The first-order chi connectivity index (χ1) is 6.10. The maximum absolute atomic E-state index is 8.82. The molecule has 0 saturated heterocycles. The molecule has 0 radical (unpaired) electrons. The summed E-state index contributed by atoms with van der Waals surface area (Å²) in [6.45, 7) is 4.36. The van der Waals surface area contributed by atoms with Gasteiger partial charge in [-0.3, -0.25) is 5.41 Å². The van der Waals surface area contributed by atoms with Crippen molar-refractivity contribution in [1.82, 2.24) is 0 Å². The Kier molecular flexibility index (Phi) is 7.09. The molecule has 0 rings (SSSR count). The first-order valence-corrected chi connectivity index (χ1v) is 5.70. The molecule has 13 heavy (non-hydrogen) atoms. The van der Waals surface area contributed by atoms with Crippen LogP contribution >= 0.6 is 11.8 Å². The maximum atomic E-state index is 8.82. The van der Waals surface area contributed by atoms with Crippen LogP contribution in [0.15, 0.2) is 0 Å². The molecule has 0 bridgehead atoms. The predicted octanol–water partition coefficient (Wildman–Crippen LogP) is 1.45. The van der Waals surface area contributed by atoms with E-state index < -0.39 is 0 Å². The normalized spacial score (nSPS) is 15.3. The second kappa shape index (κ2) is 7.21. The smallest absolute Gasteiger partial charge is 0.0916 e. The van der Waals surface area contributed by atoms with E-state index in [0.717, 1.165) is 12.2 Å². The number of amidine groups is 1. The van der Waals surface area contributed by atoms with Crippen LogP contribution in [0.4, 0.5) is 0 Å². The van der Waals surface area contributed by atoms with E-state index in [-0.39, 0.29) is 12.4 Å². The van der Waals surface area contributed by atoms with Crippen molar-refractivity contribution in [3.63, 3.8) is 0 Å². The minimum Gasteiger partial charge on any atom is -0.396 e. The van der Waals surface area contributed by atoms with Crippen LogP contribution < -0.4 is 5.73 Å². The van der Waals surface area contributed by atoms with Crippen LogP contribution in [0.2, 0.25) is 0 Å². The first kappa shape index (κ1) is 12.8. The summed E-state index contributed by atoms with van der Waals surface area (Å²) in [5, 5.41) is 16.4. The molecule has 3 nitrogen and oxygen atoms in total. The minimum atomic E-state index is 0.240. The van der Waals surface area contributed by atoms with Crippen molar-refractivity contribution in [1.29, 1.82) is 5.41 Å². The first-order valence-electron chi connectivity index (χ1n) is 4.65. The fourth-order valence-corrected chi connectivity index (χ4v) is 2.16. The van der Waals surface area contributed by atoms with Gasteiger partial charge in [0, 0.05) is 18.3 Å². The number of aliphatic hydroxyl groups is 1. The fourth-order valence-electron chi connectivity index (χ4n) is 0.919. The van der Waals surface area contributed by atoms with Crippen molar-refractivity contribution < 1.29 is 5.11 Å². The van der Waals surface area contributed by atoms with E-state index in [9.17, 15) is 0 Å². The van der Waals surface area contributed by atoms with E-state index in [1.165, 1.54) is 0 Å². The molecule has 2 atom stereocenters. The summed E-state index contributed by atoms with van der Waals surface area (Å²) in [7, 11) is 0. The van der Waals surface area contributed by atoms with E-state index in [1.807, 2.05) is 6.92 Å². The Labute approximate surface area is 84.6 Å². The van der Waals surface area contributed by atoms with E-state index in [4.69, 9.17) is 16.2 Å². The monoisotopic (exact) mass is 204 g/mol. The molecule has 0 aliphatic carbocycles. The van der Waals surface area contributed by atoms with E-state index in [0.29, 0.717) is 17.6 Å². The minimum absolute atomic E-state index is 0.240.